The fourth-order valence-electron chi connectivity index (χ4n) is 1.29. The van der Waals surface area contributed by atoms with E-state index in [0.29, 0.717) is 0 Å². The van der Waals surface area contributed by atoms with Gasteiger partial charge in [-0.15, -0.1) is 12.4 Å². The van der Waals surface area contributed by atoms with Gasteiger partial charge in [-0.2, -0.15) is 0 Å². The van der Waals surface area contributed by atoms with Crippen molar-refractivity contribution in [3.05, 3.63) is 60.7 Å². The molecule has 0 aromatic heterocycles. The van der Waals surface area contributed by atoms with Crippen molar-refractivity contribution in [2.24, 2.45) is 0 Å². The third kappa shape index (κ3) is 3.26. The molecule has 0 nitrogen and oxygen atoms in total. The molecule has 0 unspecified atom stereocenters. The van der Waals surface area contributed by atoms with Crippen molar-refractivity contribution in [1.29, 1.82) is 0 Å². The molecule has 0 aliphatic carbocycles. The zero-order valence-corrected chi connectivity index (χ0v) is 11.0. The molecule has 0 heterocycles. The molecular weight excluding hydrogens is 249 g/mol. The molecule has 0 fully saturated rings. The standard InChI is InChI=1S/2C6H5.ClH.Ga/c2*1-2-4-6-5-3-1;;/h2*1-5H;1H;. The van der Waals surface area contributed by atoms with Crippen molar-refractivity contribution in [2.75, 3.05) is 0 Å². The van der Waals surface area contributed by atoms with Crippen LogP contribution < -0.4 is 8.24 Å². The van der Waals surface area contributed by atoms with Crippen LogP contribution in [-0.4, -0.2) is 17.4 Å². The Bertz CT molecular complexity index is 321. The number of benzene rings is 2. The van der Waals surface area contributed by atoms with Crippen LogP contribution in [0.3, 0.4) is 0 Å². The van der Waals surface area contributed by atoms with E-state index in [4.69, 9.17) is 0 Å². The molecule has 0 N–H and O–H groups in total. The molecule has 0 aliphatic rings. The van der Waals surface area contributed by atoms with Crippen LogP contribution in [-0.2, 0) is 0 Å². The fraction of sp³-hybridized carbons (Fsp3) is 0. The summed E-state index contributed by atoms with van der Waals surface area (Å²) < 4.78 is 3.05. The summed E-state index contributed by atoms with van der Waals surface area (Å²) in [5.41, 5.74) is 0. The Labute approximate surface area is 98.5 Å². The predicted molar refractivity (Wildman–Crippen MR) is 65.2 cm³/mol. The van der Waals surface area contributed by atoms with Crippen LogP contribution >= 0.6 is 12.4 Å². The minimum absolute atomic E-state index is 0. The zero-order valence-electron chi connectivity index (χ0n) is 7.76. The maximum atomic E-state index is 2.23. The molecule has 14 heavy (non-hydrogen) atoms. The summed E-state index contributed by atoms with van der Waals surface area (Å²) in [6.45, 7) is 0. The summed E-state index contributed by atoms with van der Waals surface area (Å²) in [4.78, 5) is 0. The van der Waals surface area contributed by atoms with Crippen molar-refractivity contribution in [1.82, 2.24) is 0 Å². The second-order valence-electron chi connectivity index (χ2n) is 2.97. The van der Waals surface area contributed by atoms with E-state index in [1.165, 1.54) is 8.24 Å². The molecule has 0 aliphatic heterocycles. The van der Waals surface area contributed by atoms with Gasteiger partial charge in [-0.05, 0) is 0 Å². The number of halogens is 1. The van der Waals surface area contributed by atoms with Crippen molar-refractivity contribution >= 4 is 38.1 Å². The second-order valence-corrected chi connectivity index (χ2v) is 6.37. The molecule has 2 heteroatoms. The molecule has 0 bridgehead atoms. The first-order chi connectivity index (χ1) is 6.45. The third-order valence-electron chi connectivity index (χ3n) is 1.93. The molecule has 69 valence electrons. The molecule has 0 spiro atoms. The maximum absolute atomic E-state index is 2.23. The van der Waals surface area contributed by atoms with E-state index in [2.05, 4.69) is 60.7 Å². The van der Waals surface area contributed by atoms with Crippen LogP contribution in [0.5, 0.6) is 0 Å². The molecular formula is C12H11ClGa. The van der Waals surface area contributed by atoms with Gasteiger partial charge in [0.25, 0.3) is 0 Å². The van der Waals surface area contributed by atoms with Crippen LogP contribution in [0.1, 0.15) is 0 Å². The van der Waals surface area contributed by atoms with Crippen molar-refractivity contribution in [2.45, 2.75) is 0 Å². The van der Waals surface area contributed by atoms with Crippen molar-refractivity contribution < 1.29 is 0 Å². The molecule has 0 saturated heterocycles. The molecule has 0 amide bonds. The Hall–Kier alpha value is -0.634. The Balaban J connectivity index is 0.000000980. The van der Waals surface area contributed by atoms with Crippen molar-refractivity contribution in [3.63, 3.8) is 0 Å². The third-order valence-corrected chi connectivity index (χ3v) is 4.95. The molecule has 0 saturated carbocycles. The number of hydrogen-bond donors (Lipinski definition) is 0. The molecule has 2 rings (SSSR count). The van der Waals surface area contributed by atoms with Gasteiger partial charge in [0.15, 0.2) is 0 Å². The van der Waals surface area contributed by atoms with Gasteiger partial charge in [-0.1, -0.05) is 0 Å². The van der Waals surface area contributed by atoms with Crippen molar-refractivity contribution in [3.8, 4) is 0 Å². The van der Waals surface area contributed by atoms with Gasteiger partial charge in [-0.3, -0.25) is 0 Å². The average Bonchev–Trinajstić information content (AvgIpc) is 2.21. The van der Waals surface area contributed by atoms with Gasteiger partial charge in [0.2, 0.25) is 0 Å². The summed E-state index contributed by atoms with van der Waals surface area (Å²) in [6.07, 6.45) is 0. The summed E-state index contributed by atoms with van der Waals surface area (Å²) in [7, 11) is 0. The topological polar surface area (TPSA) is 0 Å². The SMILES string of the molecule is Cl.c1cc[c]([Ga][c]2ccccc2)cc1. The van der Waals surface area contributed by atoms with Crippen LogP contribution in [0.2, 0.25) is 0 Å². The van der Waals surface area contributed by atoms with Crippen LogP contribution in [0.4, 0.5) is 0 Å². The van der Waals surface area contributed by atoms with Crippen LogP contribution in [0.15, 0.2) is 60.7 Å². The summed E-state index contributed by atoms with van der Waals surface area (Å²) >= 11 is -0.392. The fourth-order valence-corrected chi connectivity index (χ4v) is 3.84. The molecule has 2 aromatic rings. The zero-order chi connectivity index (χ0) is 8.93. The molecule has 0 atom stereocenters. The predicted octanol–water partition coefficient (Wildman–Crippen LogP) is 1.76. The monoisotopic (exact) mass is 259 g/mol. The second kappa shape index (κ2) is 5.96. The Kier molecular flexibility index (Phi) is 4.87. The number of rotatable bonds is 2. The van der Waals surface area contributed by atoms with E-state index in [1.807, 2.05) is 0 Å². The summed E-state index contributed by atoms with van der Waals surface area (Å²) in [6, 6.07) is 21.5. The first-order valence-electron chi connectivity index (χ1n) is 4.40. The Morgan fingerprint density at radius 3 is 1.29 bits per heavy atom. The van der Waals surface area contributed by atoms with Gasteiger partial charge >= 0.3 is 86.3 Å². The van der Waals surface area contributed by atoms with Gasteiger partial charge in [0.1, 0.15) is 0 Å². The first kappa shape index (κ1) is 11.4. The van der Waals surface area contributed by atoms with Crippen LogP contribution in [0, 0.1) is 0 Å². The first-order valence-corrected chi connectivity index (χ1v) is 6.82. The van der Waals surface area contributed by atoms with E-state index in [9.17, 15) is 0 Å². The molecule has 2 aromatic carbocycles. The van der Waals surface area contributed by atoms with Gasteiger partial charge in [0, 0.05) is 0 Å². The summed E-state index contributed by atoms with van der Waals surface area (Å²) in [5.74, 6) is 0. The Morgan fingerprint density at radius 1 is 0.571 bits per heavy atom. The Morgan fingerprint density at radius 2 is 0.929 bits per heavy atom. The van der Waals surface area contributed by atoms with E-state index in [-0.39, 0.29) is 12.4 Å². The van der Waals surface area contributed by atoms with E-state index in [0.717, 1.165) is 0 Å². The van der Waals surface area contributed by atoms with Gasteiger partial charge < -0.3 is 0 Å². The minimum atomic E-state index is -0.392. The van der Waals surface area contributed by atoms with Crippen LogP contribution in [0.25, 0.3) is 0 Å². The molecule has 1 radical (unpaired) electrons. The van der Waals surface area contributed by atoms with Gasteiger partial charge in [0.05, 0.1) is 0 Å². The quantitative estimate of drug-likeness (QED) is 0.722. The van der Waals surface area contributed by atoms with E-state index >= 15 is 0 Å². The van der Waals surface area contributed by atoms with E-state index in [1.54, 1.807) is 0 Å². The average molecular weight is 260 g/mol. The normalized spacial score (nSPS) is 8.86. The number of hydrogen-bond acceptors (Lipinski definition) is 0. The van der Waals surface area contributed by atoms with E-state index < -0.39 is 17.4 Å². The van der Waals surface area contributed by atoms with Gasteiger partial charge in [-0.25, -0.2) is 0 Å². The summed E-state index contributed by atoms with van der Waals surface area (Å²) in [5, 5.41) is 0.